The normalized spacial score (nSPS) is 13.2. The molecule has 0 spiro atoms. The number of rotatable bonds is 6. The van der Waals surface area contributed by atoms with Gasteiger partial charge < -0.3 is 9.30 Å². The smallest absolute Gasteiger partial charge is 0.188 e. The molecular weight excluding hydrogens is 787 g/mol. The van der Waals surface area contributed by atoms with Crippen molar-refractivity contribution in [3.05, 3.63) is 225 Å². The standard InChI is InChI=1S/C56H37N5OSi/c1-4-16-38(17-5-1)60-50-27-13-11-25-46(50)47-31-32-51-54(53(47)60)63(42-20-6-2-7-21-42,43-22-8-3-9-23-43)52-28-15-33-57-56(52)61(51)39-18-14-19-40(36-39)62-41-29-30-44-45-24-10-12-26-49(45)59-35-34-58-55(59)48(44)37-41/h1-37H. The van der Waals surface area contributed by atoms with Crippen LogP contribution in [0.2, 0.25) is 0 Å². The minimum Gasteiger partial charge on any atom is -0.457 e. The number of fused-ring (bicyclic) bond motifs is 12. The quantitative estimate of drug-likeness (QED) is 0.124. The molecule has 0 radical (unpaired) electrons. The highest BCUT2D eigenvalue weighted by atomic mass is 28.3. The fourth-order valence-electron chi connectivity index (χ4n) is 10.4. The number of anilines is 3. The van der Waals surface area contributed by atoms with Crippen molar-refractivity contribution in [2.75, 3.05) is 4.90 Å². The number of hydrogen-bond donors (Lipinski definition) is 0. The van der Waals surface area contributed by atoms with Crippen LogP contribution in [0.25, 0.3) is 54.8 Å². The third-order valence-corrected chi connectivity index (χ3v) is 17.7. The zero-order valence-electron chi connectivity index (χ0n) is 34.0. The fourth-order valence-corrected chi connectivity index (χ4v) is 15.6. The van der Waals surface area contributed by atoms with Crippen LogP contribution in [-0.2, 0) is 0 Å². The summed E-state index contributed by atoms with van der Waals surface area (Å²) >= 11 is 0. The molecule has 6 nitrogen and oxygen atoms in total. The van der Waals surface area contributed by atoms with E-state index in [0.717, 1.165) is 56.3 Å². The van der Waals surface area contributed by atoms with Crippen molar-refractivity contribution < 1.29 is 4.74 Å². The summed E-state index contributed by atoms with van der Waals surface area (Å²) in [5.41, 5.74) is 7.59. The topological polar surface area (TPSA) is 47.6 Å². The Morgan fingerprint density at radius 2 is 1.10 bits per heavy atom. The molecule has 1 aliphatic heterocycles. The highest BCUT2D eigenvalue weighted by Crippen LogP contribution is 2.43. The number of nitrogens with zero attached hydrogens (tertiary/aromatic N) is 5. The summed E-state index contributed by atoms with van der Waals surface area (Å²) in [4.78, 5) is 12.5. The molecule has 0 bridgehead atoms. The van der Waals surface area contributed by atoms with Gasteiger partial charge in [0, 0.05) is 57.1 Å². The van der Waals surface area contributed by atoms with Gasteiger partial charge in [-0.1, -0.05) is 133 Å². The van der Waals surface area contributed by atoms with Crippen molar-refractivity contribution in [2.45, 2.75) is 0 Å². The van der Waals surface area contributed by atoms with Gasteiger partial charge in [-0.05, 0) is 87.7 Å². The molecular formula is C56H37N5OSi. The summed E-state index contributed by atoms with van der Waals surface area (Å²) in [6.07, 6.45) is 5.82. The van der Waals surface area contributed by atoms with Crippen molar-refractivity contribution in [1.82, 2.24) is 18.9 Å². The van der Waals surface area contributed by atoms with E-state index in [9.17, 15) is 0 Å². The van der Waals surface area contributed by atoms with Gasteiger partial charge in [0.25, 0.3) is 0 Å². The number of hydrogen-bond acceptors (Lipinski definition) is 4. The molecule has 7 heteroatoms. The maximum absolute atomic E-state index is 6.82. The SMILES string of the molecule is c1ccc(-n2c3ccccc3c3ccc4c(c32)[Si](c2ccccc2)(c2ccccc2)c2cccnc2N4c2cccc(Oc3ccc4c5ccccc5n5ccnc5c4c3)c2)cc1. The van der Waals surface area contributed by atoms with E-state index < -0.39 is 8.07 Å². The predicted octanol–water partition coefficient (Wildman–Crippen LogP) is 11.1. The van der Waals surface area contributed by atoms with Crippen molar-refractivity contribution in [2.24, 2.45) is 0 Å². The van der Waals surface area contributed by atoms with E-state index in [1.54, 1.807) is 0 Å². The molecule has 12 aromatic rings. The van der Waals surface area contributed by atoms with Crippen LogP contribution in [-0.4, -0.2) is 27.0 Å². The van der Waals surface area contributed by atoms with E-state index >= 15 is 0 Å². The Bertz CT molecular complexity index is 3690. The lowest BCUT2D eigenvalue weighted by Gasteiger charge is -2.44. The average molecular weight is 824 g/mol. The Kier molecular flexibility index (Phi) is 7.82. The van der Waals surface area contributed by atoms with Gasteiger partial charge in [-0.2, -0.15) is 0 Å². The molecule has 8 aromatic carbocycles. The monoisotopic (exact) mass is 823 g/mol. The second kappa shape index (κ2) is 13.9. The maximum atomic E-state index is 6.82. The Balaban J connectivity index is 1.08. The molecule has 1 aliphatic rings. The first-order chi connectivity index (χ1) is 31.3. The average Bonchev–Trinajstić information content (AvgIpc) is 3.99. The summed E-state index contributed by atoms with van der Waals surface area (Å²) in [6, 6.07) is 74.3. The summed E-state index contributed by atoms with van der Waals surface area (Å²) in [5.74, 6) is 2.39. The first-order valence-corrected chi connectivity index (χ1v) is 23.3. The lowest BCUT2D eigenvalue weighted by molar-refractivity contribution is 0.483. The Labute approximate surface area is 364 Å². The van der Waals surface area contributed by atoms with Crippen molar-refractivity contribution in [3.8, 4) is 17.2 Å². The third-order valence-electron chi connectivity index (χ3n) is 12.9. The second-order valence-electron chi connectivity index (χ2n) is 16.2. The van der Waals surface area contributed by atoms with Gasteiger partial charge in [0.05, 0.1) is 27.9 Å². The van der Waals surface area contributed by atoms with Gasteiger partial charge in [0.2, 0.25) is 0 Å². The molecule has 0 fully saturated rings. The van der Waals surface area contributed by atoms with Gasteiger partial charge >= 0.3 is 0 Å². The number of para-hydroxylation sites is 3. The van der Waals surface area contributed by atoms with E-state index in [-0.39, 0.29) is 0 Å². The molecule has 0 amide bonds. The number of pyridine rings is 2. The predicted molar refractivity (Wildman–Crippen MR) is 261 cm³/mol. The lowest BCUT2D eigenvalue weighted by atomic mass is 10.1. The zero-order valence-corrected chi connectivity index (χ0v) is 35.0. The summed E-state index contributed by atoms with van der Waals surface area (Å²) in [6.45, 7) is 0. The van der Waals surface area contributed by atoms with Crippen molar-refractivity contribution in [1.29, 1.82) is 0 Å². The van der Waals surface area contributed by atoms with Crippen LogP contribution in [0.1, 0.15) is 0 Å². The number of ether oxygens (including phenoxy) is 1. The molecule has 4 aromatic heterocycles. The summed E-state index contributed by atoms with van der Waals surface area (Å²) in [7, 11) is -3.14. The minimum atomic E-state index is -3.14. The number of imidazole rings is 1. The van der Waals surface area contributed by atoms with E-state index in [1.165, 1.54) is 47.9 Å². The van der Waals surface area contributed by atoms with E-state index in [0.29, 0.717) is 0 Å². The summed E-state index contributed by atoms with van der Waals surface area (Å²) < 4.78 is 11.5. The molecule has 5 heterocycles. The van der Waals surface area contributed by atoms with Gasteiger partial charge in [-0.25, -0.2) is 9.97 Å². The lowest BCUT2D eigenvalue weighted by Crippen LogP contribution is -2.77. The van der Waals surface area contributed by atoms with Crippen LogP contribution in [0.3, 0.4) is 0 Å². The van der Waals surface area contributed by atoms with Crippen molar-refractivity contribution in [3.63, 3.8) is 0 Å². The number of benzene rings is 8. The van der Waals surface area contributed by atoms with Gasteiger partial charge in [0.15, 0.2) is 8.07 Å². The van der Waals surface area contributed by atoms with Crippen LogP contribution in [0.15, 0.2) is 225 Å². The minimum absolute atomic E-state index is 0.728. The Morgan fingerprint density at radius 1 is 0.444 bits per heavy atom. The van der Waals surface area contributed by atoms with Crippen LogP contribution in [0.5, 0.6) is 11.5 Å². The van der Waals surface area contributed by atoms with Crippen molar-refractivity contribution >= 4 is 95.1 Å². The Hall–Kier alpha value is -8.26. The number of aromatic nitrogens is 4. The van der Waals surface area contributed by atoms with Gasteiger partial charge in [0.1, 0.15) is 23.0 Å². The van der Waals surface area contributed by atoms with Crippen LogP contribution < -0.4 is 30.4 Å². The molecule has 296 valence electrons. The molecule has 0 saturated heterocycles. The van der Waals surface area contributed by atoms with E-state index in [2.05, 4.69) is 214 Å². The molecule has 0 aliphatic carbocycles. The molecule has 0 atom stereocenters. The maximum Gasteiger partial charge on any atom is 0.188 e. The highest BCUT2D eigenvalue weighted by Gasteiger charge is 2.51. The molecule has 63 heavy (non-hydrogen) atoms. The van der Waals surface area contributed by atoms with E-state index in [4.69, 9.17) is 14.7 Å². The molecule has 13 rings (SSSR count). The third kappa shape index (κ3) is 5.17. The van der Waals surface area contributed by atoms with Crippen LogP contribution in [0.4, 0.5) is 17.2 Å². The zero-order chi connectivity index (χ0) is 41.5. The first-order valence-electron chi connectivity index (χ1n) is 21.3. The fraction of sp³-hybridized carbons (Fsp3) is 0. The molecule has 0 saturated carbocycles. The largest absolute Gasteiger partial charge is 0.457 e. The Morgan fingerprint density at radius 3 is 1.87 bits per heavy atom. The second-order valence-corrected chi connectivity index (χ2v) is 19.9. The van der Waals surface area contributed by atoms with Gasteiger partial charge in [-0.3, -0.25) is 9.30 Å². The first kappa shape index (κ1) is 35.5. The van der Waals surface area contributed by atoms with Gasteiger partial charge in [-0.15, -0.1) is 0 Å². The molecule has 0 unspecified atom stereocenters. The highest BCUT2D eigenvalue weighted by molar-refractivity contribution is 7.22. The van der Waals surface area contributed by atoms with E-state index in [1.807, 2.05) is 24.7 Å². The summed E-state index contributed by atoms with van der Waals surface area (Å²) in [5, 5.41) is 10.9. The van der Waals surface area contributed by atoms with Crippen LogP contribution >= 0.6 is 0 Å². The van der Waals surface area contributed by atoms with Crippen LogP contribution in [0, 0.1) is 0 Å². The molecule has 0 N–H and O–H groups in total.